The summed E-state index contributed by atoms with van der Waals surface area (Å²) in [6.45, 7) is 2.81. The standard InChI is InChI=1S/C12H20N4O/c1-4-9-10(13)11(16(3)14-9)12(17)15(2)7-8-5-6-8/h8H,4-7,13H2,1-3H3. The van der Waals surface area contributed by atoms with Gasteiger partial charge in [0.2, 0.25) is 0 Å². The minimum Gasteiger partial charge on any atom is -0.395 e. The number of aromatic nitrogens is 2. The normalized spacial score (nSPS) is 15.0. The number of rotatable bonds is 4. The lowest BCUT2D eigenvalue weighted by Gasteiger charge is -2.17. The number of amides is 1. The van der Waals surface area contributed by atoms with E-state index in [4.69, 9.17) is 5.73 Å². The Morgan fingerprint density at radius 3 is 2.71 bits per heavy atom. The molecule has 2 rings (SSSR count). The van der Waals surface area contributed by atoms with Gasteiger partial charge < -0.3 is 10.6 Å². The van der Waals surface area contributed by atoms with Crippen molar-refractivity contribution in [2.24, 2.45) is 13.0 Å². The van der Waals surface area contributed by atoms with E-state index < -0.39 is 0 Å². The summed E-state index contributed by atoms with van der Waals surface area (Å²) in [6, 6.07) is 0. The number of aryl methyl sites for hydroxylation is 2. The minimum absolute atomic E-state index is 0.0240. The molecule has 5 heteroatoms. The maximum Gasteiger partial charge on any atom is 0.274 e. The molecule has 0 aliphatic heterocycles. The van der Waals surface area contributed by atoms with Gasteiger partial charge in [-0.3, -0.25) is 9.48 Å². The highest BCUT2D eigenvalue weighted by Gasteiger charge is 2.28. The number of hydrogen-bond donors (Lipinski definition) is 1. The predicted octanol–water partition coefficient (Wildman–Crippen LogP) is 1.05. The molecule has 1 aliphatic rings. The van der Waals surface area contributed by atoms with Crippen molar-refractivity contribution in [1.29, 1.82) is 0 Å². The summed E-state index contributed by atoms with van der Waals surface area (Å²) in [4.78, 5) is 14.0. The van der Waals surface area contributed by atoms with Gasteiger partial charge in [-0.05, 0) is 25.2 Å². The summed E-state index contributed by atoms with van der Waals surface area (Å²) in [5.74, 6) is 0.660. The minimum atomic E-state index is -0.0240. The molecule has 1 fully saturated rings. The van der Waals surface area contributed by atoms with Crippen molar-refractivity contribution in [3.63, 3.8) is 0 Å². The first-order valence-electron chi connectivity index (χ1n) is 6.11. The van der Waals surface area contributed by atoms with Crippen LogP contribution in [0.2, 0.25) is 0 Å². The first-order valence-corrected chi connectivity index (χ1v) is 6.11. The van der Waals surface area contributed by atoms with Crippen molar-refractivity contribution in [2.75, 3.05) is 19.3 Å². The molecule has 1 saturated carbocycles. The second-order valence-corrected chi connectivity index (χ2v) is 4.82. The predicted molar refractivity (Wildman–Crippen MR) is 66.7 cm³/mol. The van der Waals surface area contributed by atoms with Crippen LogP contribution in [0.4, 0.5) is 5.69 Å². The first-order chi connectivity index (χ1) is 8.04. The molecule has 0 spiro atoms. The smallest absolute Gasteiger partial charge is 0.274 e. The van der Waals surface area contributed by atoms with E-state index in [0.717, 1.165) is 18.7 Å². The van der Waals surface area contributed by atoms with E-state index in [2.05, 4.69) is 5.10 Å². The van der Waals surface area contributed by atoms with Crippen molar-refractivity contribution in [2.45, 2.75) is 26.2 Å². The van der Waals surface area contributed by atoms with Crippen LogP contribution in [0.15, 0.2) is 0 Å². The molecule has 1 aliphatic carbocycles. The summed E-state index contributed by atoms with van der Waals surface area (Å²) in [6.07, 6.45) is 3.22. The van der Waals surface area contributed by atoms with Crippen LogP contribution in [0.5, 0.6) is 0 Å². The molecule has 1 aromatic rings. The molecule has 1 amide bonds. The average molecular weight is 236 g/mol. The van der Waals surface area contributed by atoms with Crippen LogP contribution in [0.1, 0.15) is 35.9 Å². The SMILES string of the molecule is CCc1nn(C)c(C(=O)N(C)CC2CC2)c1N. The molecule has 0 saturated heterocycles. The van der Waals surface area contributed by atoms with Gasteiger partial charge in [0, 0.05) is 20.6 Å². The molecule has 0 aromatic carbocycles. The lowest BCUT2D eigenvalue weighted by atomic mass is 10.2. The second kappa shape index (κ2) is 4.39. The van der Waals surface area contributed by atoms with E-state index in [1.807, 2.05) is 14.0 Å². The number of hydrogen-bond acceptors (Lipinski definition) is 3. The van der Waals surface area contributed by atoms with Crippen molar-refractivity contribution in [3.05, 3.63) is 11.4 Å². The van der Waals surface area contributed by atoms with Gasteiger partial charge in [-0.1, -0.05) is 6.92 Å². The highest BCUT2D eigenvalue weighted by molar-refractivity contribution is 5.97. The Kier molecular flexibility index (Phi) is 3.09. The van der Waals surface area contributed by atoms with E-state index >= 15 is 0 Å². The lowest BCUT2D eigenvalue weighted by Crippen LogP contribution is -2.30. The van der Waals surface area contributed by atoms with E-state index in [9.17, 15) is 4.79 Å². The van der Waals surface area contributed by atoms with Crippen LogP contribution in [0.3, 0.4) is 0 Å². The van der Waals surface area contributed by atoms with Crippen LogP contribution in [0.25, 0.3) is 0 Å². The Morgan fingerprint density at radius 2 is 2.24 bits per heavy atom. The van der Waals surface area contributed by atoms with E-state index in [-0.39, 0.29) is 5.91 Å². The lowest BCUT2D eigenvalue weighted by molar-refractivity contribution is 0.0779. The van der Waals surface area contributed by atoms with E-state index in [1.54, 1.807) is 16.6 Å². The van der Waals surface area contributed by atoms with Gasteiger partial charge in [-0.2, -0.15) is 5.10 Å². The number of carbonyl (C=O) groups excluding carboxylic acids is 1. The summed E-state index contributed by atoms with van der Waals surface area (Å²) >= 11 is 0. The molecule has 0 atom stereocenters. The maximum atomic E-state index is 12.3. The molecule has 0 bridgehead atoms. The Labute approximate surface area is 102 Å². The fraction of sp³-hybridized carbons (Fsp3) is 0.667. The quantitative estimate of drug-likeness (QED) is 0.849. The summed E-state index contributed by atoms with van der Waals surface area (Å²) in [5.41, 5.74) is 7.82. The van der Waals surface area contributed by atoms with Crippen molar-refractivity contribution >= 4 is 11.6 Å². The topological polar surface area (TPSA) is 64.2 Å². The molecule has 0 radical (unpaired) electrons. The number of nitrogen functional groups attached to an aromatic ring is 1. The Balaban J connectivity index is 2.19. The molecular weight excluding hydrogens is 216 g/mol. The Morgan fingerprint density at radius 1 is 1.59 bits per heavy atom. The molecule has 1 aromatic heterocycles. The third kappa shape index (κ3) is 2.28. The van der Waals surface area contributed by atoms with Gasteiger partial charge in [0.05, 0.1) is 11.4 Å². The molecular formula is C12H20N4O. The zero-order valence-electron chi connectivity index (χ0n) is 10.7. The van der Waals surface area contributed by atoms with Crippen LogP contribution in [0, 0.1) is 5.92 Å². The van der Waals surface area contributed by atoms with Crippen molar-refractivity contribution in [1.82, 2.24) is 14.7 Å². The third-order valence-electron chi connectivity index (χ3n) is 3.27. The van der Waals surface area contributed by atoms with Crippen molar-refractivity contribution < 1.29 is 4.79 Å². The molecule has 5 nitrogen and oxygen atoms in total. The highest BCUT2D eigenvalue weighted by Crippen LogP contribution is 2.30. The first kappa shape index (κ1) is 12.0. The number of nitrogens with zero attached hydrogens (tertiary/aromatic N) is 3. The number of nitrogens with two attached hydrogens (primary N) is 1. The van der Waals surface area contributed by atoms with Crippen LogP contribution >= 0.6 is 0 Å². The van der Waals surface area contributed by atoms with Gasteiger partial charge in [0.25, 0.3) is 5.91 Å². The molecule has 2 N–H and O–H groups in total. The molecule has 94 valence electrons. The molecule has 0 unspecified atom stereocenters. The maximum absolute atomic E-state index is 12.3. The third-order valence-corrected chi connectivity index (χ3v) is 3.27. The van der Waals surface area contributed by atoms with E-state index in [1.165, 1.54) is 12.8 Å². The van der Waals surface area contributed by atoms with Crippen LogP contribution in [-0.2, 0) is 13.5 Å². The monoisotopic (exact) mass is 236 g/mol. The molecule has 1 heterocycles. The fourth-order valence-corrected chi connectivity index (χ4v) is 2.06. The summed E-state index contributed by atoms with van der Waals surface area (Å²) in [5, 5.41) is 4.27. The number of carbonyl (C=O) groups is 1. The Bertz CT molecular complexity index is 434. The largest absolute Gasteiger partial charge is 0.395 e. The average Bonchev–Trinajstić information content (AvgIpc) is 3.04. The zero-order valence-corrected chi connectivity index (χ0v) is 10.7. The fourth-order valence-electron chi connectivity index (χ4n) is 2.06. The van der Waals surface area contributed by atoms with E-state index in [0.29, 0.717) is 17.3 Å². The summed E-state index contributed by atoms with van der Waals surface area (Å²) in [7, 11) is 3.60. The Hall–Kier alpha value is -1.52. The second-order valence-electron chi connectivity index (χ2n) is 4.82. The van der Waals surface area contributed by atoms with Crippen LogP contribution in [-0.4, -0.2) is 34.2 Å². The number of anilines is 1. The highest BCUT2D eigenvalue weighted by atomic mass is 16.2. The van der Waals surface area contributed by atoms with Gasteiger partial charge >= 0.3 is 0 Å². The van der Waals surface area contributed by atoms with Gasteiger partial charge in [0.15, 0.2) is 0 Å². The van der Waals surface area contributed by atoms with Gasteiger partial charge in [0.1, 0.15) is 5.69 Å². The zero-order chi connectivity index (χ0) is 12.6. The van der Waals surface area contributed by atoms with Gasteiger partial charge in [-0.15, -0.1) is 0 Å². The summed E-state index contributed by atoms with van der Waals surface area (Å²) < 4.78 is 1.60. The van der Waals surface area contributed by atoms with Crippen LogP contribution < -0.4 is 5.73 Å². The van der Waals surface area contributed by atoms with Crippen molar-refractivity contribution in [3.8, 4) is 0 Å². The molecule has 17 heavy (non-hydrogen) atoms. The van der Waals surface area contributed by atoms with Gasteiger partial charge in [-0.25, -0.2) is 0 Å².